The standard InChI is InChI=1S/C44H63N3O6/c1-28-16-21-44(39(50)52-25-9-24-47-26-31(45-46-47)27-53-38(49)30-10-12-32(51-8)13-11-30)23-22-42(6)33(37(44)29(28)2)14-15-35-41(5)19-18-36(48)40(3,4)34(41)17-20-43(35,42)7/h10-14,26,28-29,34-37,48H,9,15-25,27H2,1-8H3/t28-,29+,34?,35-,36+,37+,41+,42-,43-,44+/m1/s1. The average Bonchev–Trinajstić information content (AvgIpc) is 3.60. The van der Waals surface area contributed by atoms with Gasteiger partial charge >= 0.3 is 11.9 Å². The van der Waals surface area contributed by atoms with E-state index in [9.17, 15) is 14.7 Å². The maximum absolute atomic E-state index is 14.4. The Balaban J connectivity index is 1.01. The van der Waals surface area contributed by atoms with Crippen LogP contribution in [-0.4, -0.2) is 51.9 Å². The Bertz CT molecular complexity index is 1720. The van der Waals surface area contributed by atoms with Crippen LogP contribution in [-0.2, 0) is 27.4 Å². The van der Waals surface area contributed by atoms with Crippen LogP contribution in [0.2, 0.25) is 0 Å². The van der Waals surface area contributed by atoms with Crippen molar-refractivity contribution in [3.8, 4) is 5.75 Å². The van der Waals surface area contributed by atoms with Crippen molar-refractivity contribution in [3.05, 3.63) is 53.4 Å². The molecule has 1 heterocycles. The first kappa shape index (κ1) is 38.1. The third kappa shape index (κ3) is 6.06. The van der Waals surface area contributed by atoms with Gasteiger partial charge < -0.3 is 19.3 Å². The SMILES string of the molecule is COc1ccc(C(=O)OCc2cn(CCCOC(=O)[C@]34CC[C@@H](C)[C@H](C)[C@H]3C3=CC[C@@H]5[C@@]6(C)CC[C@H](O)C(C)(C)C6CC[C@@]5(C)[C@]3(C)CC4)nn2)cc1. The van der Waals surface area contributed by atoms with Gasteiger partial charge in [-0.05, 0) is 133 Å². The highest BCUT2D eigenvalue weighted by atomic mass is 16.5. The van der Waals surface area contributed by atoms with Gasteiger partial charge in [0.05, 0.1) is 37.0 Å². The molecule has 4 fully saturated rings. The van der Waals surface area contributed by atoms with Crippen LogP contribution in [0, 0.1) is 56.7 Å². The molecule has 290 valence electrons. The van der Waals surface area contributed by atoms with Gasteiger partial charge in [-0.1, -0.05) is 65.3 Å². The fourth-order valence-corrected chi connectivity index (χ4v) is 12.8. The van der Waals surface area contributed by atoms with Crippen LogP contribution in [0.4, 0.5) is 0 Å². The number of benzene rings is 1. The normalized spacial score (nSPS) is 38.6. The van der Waals surface area contributed by atoms with E-state index in [1.54, 1.807) is 47.8 Å². The summed E-state index contributed by atoms with van der Waals surface area (Å²) in [5.41, 5.74) is 2.40. The number of nitrogens with zero attached hydrogens (tertiary/aromatic N) is 3. The summed E-state index contributed by atoms with van der Waals surface area (Å²) < 4.78 is 18.5. The topological polar surface area (TPSA) is 113 Å². The quantitative estimate of drug-likeness (QED) is 0.155. The summed E-state index contributed by atoms with van der Waals surface area (Å²) in [6, 6.07) is 6.77. The van der Waals surface area contributed by atoms with Gasteiger partial charge in [-0.2, -0.15) is 0 Å². The zero-order valence-electron chi connectivity index (χ0n) is 33.5. The highest BCUT2D eigenvalue weighted by molar-refractivity contribution is 5.89. The lowest BCUT2D eigenvalue weighted by atomic mass is 9.33. The molecule has 0 radical (unpaired) electrons. The molecule has 53 heavy (non-hydrogen) atoms. The number of methoxy groups -OCH3 is 1. The van der Waals surface area contributed by atoms with E-state index < -0.39 is 11.4 Å². The second kappa shape index (κ2) is 13.8. The Hall–Kier alpha value is -3.20. The maximum Gasteiger partial charge on any atom is 0.338 e. The molecule has 4 saturated carbocycles. The molecule has 7 rings (SSSR count). The predicted molar refractivity (Wildman–Crippen MR) is 203 cm³/mol. The zero-order chi connectivity index (χ0) is 38.0. The number of esters is 2. The van der Waals surface area contributed by atoms with E-state index in [1.807, 2.05) is 0 Å². The molecule has 0 amide bonds. The first-order valence-corrected chi connectivity index (χ1v) is 20.4. The Labute approximate surface area is 316 Å². The van der Waals surface area contributed by atoms with Crippen molar-refractivity contribution in [2.24, 2.45) is 56.7 Å². The lowest BCUT2D eigenvalue weighted by Gasteiger charge is -2.71. The summed E-state index contributed by atoms with van der Waals surface area (Å²) in [6.45, 7) is 18.0. The molecule has 0 aliphatic heterocycles. The van der Waals surface area contributed by atoms with E-state index in [0.29, 0.717) is 60.3 Å². The van der Waals surface area contributed by atoms with Gasteiger partial charge in [-0.15, -0.1) is 5.10 Å². The van der Waals surface area contributed by atoms with Gasteiger partial charge in [0, 0.05) is 13.0 Å². The van der Waals surface area contributed by atoms with Crippen molar-refractivity contribution in [2.45, 2.75) is 132 Å². The molecule has 0 spiro atoms. The maximum atomic E-state index is 14.4. The Morgan fingerprint density at radius 1 is 0.925 bits per heavy atom. The highest BCUT2D eigenvalue weighted by Crippen LogP contribution is 2.75. The van der Waals surface area contributed by atoms with Crippen molar-refractivity contribution in [1.29, 1.82) is 0 Å². The number of hydrogen-bond donors (Lipinski definition) is 1. The third-order valence-electron chi connectivity index (χ3n) is 16.4. The van der Waals surface area contributed by atoms with Crippen LogP contribution in [0.1, 0.15) is 129 Å². The number of carbonyl (C=O) groups is 2. The molecule has 5 aliphatic carbocycles. The minimum absolute atomic E-state index is 0.0140. The molecule has 9 heteroatoms. The Morgan fingerprint density at radius 3 is 2.42 bits per heavy atom. The zero-order valence-corrected chi connectivity index (χ0v) is 33.5. The summed E-state index contributed by atoms with van der Waals surface area (Å²) in [5.74, 6) is 2.48. The first-order valence-electron chi connectivity index (χ1n) is 20.4. The van der Waals surface area contributed by atoms with Crippen LogP contribution in [0.25, 0.3) is 0 Å². The van der Waals surface area contributed by atoms with Crippen molar-refractivity contribution < 1.29 is 28.9 Å². The first-order chi connectivity index (χ1) is 25.1. The number of rotatable bonds is 9. The number of aromatic nitrogens is 3. The molecular formula is C44H63N3O6. The number of hydrogen-bond acceptors (Lipinski definition) is 8. The van der Waals surface area contributed by atoms with Gasteiger partial charge in [-0.3, -0.25) is 9.48 Å². The van der Waals surface area contributed by atoms with Crippen LogP contribution in [0.5, 0.6) is 5.75 Å². The van der Waals surface area contributed by atoms with Gasteiger partial charge in [-0.25, -0.2) is 4.79 Å². The van der Waals surface area contributed by atoms with Crippen LogP contribution in [0.3, 0.4) is 0 Å². The Morgan fingerprint density at radius 2 is 1.68 bits per heavy atom. The fraction of sp³-hybridized carbons (Fsp3) is 0.727. The largest absolute Gasteiger partial charge is 0.497 e. The number of aliphatic hydroxyl groups is 1. The summed E-state index contributed by atoms with van der Waals surface area (Å²) in [4.78, 5) is 26.9. The van der Waals surface area contributed by atoms with Gasteiger partial charge in [0.25, 0.3) is 0 Å². The lowest BCUT2D eigenvalue weighted by Crippen LogP contribution is -2.65. The second-order valence-electron chi connectivity index (χ2n) is 18.9. The predicted octanol–water partition coefficient (Wildman–Crippen LogP) is 8.60. The van der Waals surface area contributed by atoms with E-state index in [0.717, 1.165) is 44.9 Å². The molecule has 0 saturated heterocycles. The lowest BCUT2D eigenvalue weighted by molar-refractivity contribution is -0.207. The van der Waals surface area contributed by atoms with Crippen molar-refractivity contribution in [2.75, 3.05) is 13.7 Å². The number of aryl methyl sites for hydroxylation is 1. The minimum atomic E-state index is -0.479. The summed E-state index contributed by atoms with van der Waals surface area (Å²) >= 11 is 0. The molecular weight excluding hydrogens is 666 g/mol. The van der Waals surface area contributed by atoms with E-state index >= 15 is 0 Å². The van der Waals surface area contributed by atoms with E-state index in [-0.39, 0.29) is 46.3 Å². The monoisotopic (exact) mass is 729 g/mol. The molecule has 10 atom stereocenters. The average molecular weight is 730 g/mol. The van der Waals surface area contributed by atoms with E-state index in [2.05, 4.69) is 64.9 Å². The van der Waals surface area contributed by atoms with Crippen LogP contribution in [0.15, 0.2) is 42.1 Å². The summed E-state index contributed by atoms with van der Waals surface area (Å²) in [6.07, 6.45) is 14.1. The van der Waals surface area contributed by atoms with Gasteiger partial charge in [0.2, 0.25) is 0 Å². The number of aliphatic hydroxyl groups excluding tert-OH is 1. The summed E-state index contributed by atoms with van der Waals surface area (Å²) in [7, 11) is 1.58. The smallest absolute Gasteiger partial charge is 0.338 e. The number of ether oxygens (including phenoxy) is 3. The van der Waals surface area contributed by atoms with Crippen molar-refractivity contribution >= 4 is 11.9 Å². The molecule has 0 bridgehead atoms. The second-order valence-corrected chi connectivity index (χ2v) is 18.9. The highest BCUT2D eigenvalue weighted by Gasteiger charge is 2.69. The molecule has 5 aliphatic rings. The third-order valence-corrected chi connectivity index (χ3v) is 16.4. The minimum Gasteiger partial charge on any atom is -0.497 e. The molecule has 1 aromatic carbocycles. The number of allylic oxidation sites excluding steroid dienone is 2. The molecule has 1 unspecified atom stereocenters. The van der Waals surface area contributed by atoms with E-state index in [1.165, 1.54) is 12.8 Å². The van der Waals surface area contributed by atoms with Crippen LogP contribution >= 0.6 is 0 Å². The molecule has 1 N–H and O–H groups in total. The molecule has 1 aromatic heterocycles. The van der Waals surface area contributed by atoms with Crippen molar-refractivity contribution in [1.82, 2.24) is 15.0 Å². The van der Waals surface area contributed by atoms with Crippen molar-refractivity contribution in [3.63, 3.8) is 0 Å². The van der Waals surface area contributed by atoms with E-state index in [4.69, 9.17) is 14.2 Å². The number of carbonyl (C=O) groups excluding carboxylic acids is 2. The summed E-state index contributed by atoms with van der Waals surface area (Å²) in [5, 5.41) is 19.5. The fourth-order valence-electron chi connectivity index (χ4n) is 12.8. The molecule has 9 nitrogen and oxygen atoms in total. The molecule has 2 aromatic rings. The van der Waals surface area contributed by atoms with Gasteiger partial charge in [0.15, 0.2) is 0 Å². The van der Waals surface area contributed by atoms with Gasteiger partial charge in [0.1, 0.15) is 18.1 Å². The number of fused-ring (bicyclic) bond motifs is 7. The van der Waals surface area contributed by atoms with Crippen LogP contribution < -0.4 is 4.74 Å². The Kier molecular flexibility index (Phi) is 9.94.